The van der Waals surface area contributed by atoms with Gasteiger partial charge in [-0.25, -0.2) is 9.59 Å². The second-order valence-electron chi connectivity index (χ2n) is 8.58. The fraction of sp³-hybridized carbons (Fsp3) is 0.545. The highest BCUT2D eigenvalue weighted by molar-refractivity contribution is 6.08. The van der Waals surface area contributed by atoms with Gasteiger partial charge in [-0.2, -0.15) is 5.01 Å². The summed E-state index contributed by atoms with van der Waals surface area (Å²) in [4.78, 5) is 62.6. The van der Waals surface area contributed by atoms with E-state index in [9.17, 15) is 29.3 Å². The molecule has 184 valence electrons. The predicted octanol–water partition coefficient (Wildman–Crippen LogP) is 2.13. The van der Waals surface area contributed by atoms with Crippen LogP contribution in [-0.2, 0) is 14.3 Å². The number of urea groups is 1. The number of imide groups is 1. The van der Waals surface area contributed by atoms with E-state index in [1.54, 1.807) is 0 Å². The molecule has 34 heavy (non-hydrogen) atoms. The van der Waals surface area contributed by atoms with E-state index in [1.165, 1.54) is 12.1 Å². The summed E-state index contributed by atoms with van der Waals surface area (Å²) in [5, 5.41) is 14.5. The summed E-state index contributed by atoms with van der Waals surface area (Å²) in [7, 11) is 0. The van der Waals surface area contributed by atoms with Gasteiger partial charge in [-0.1, -0.05) is 6.92 Å². The fourth-order valence-electron chi connectivity index (χ4n) is 4.32. The Morgan fingerprint density at radius 1 is 1.26 bits per heavy atom. The molecule has 12 heteroatoms. The molecule has 2 aliphatic rings. The second-order valence-corrected chi connectivity index (χ2v) is 8.58. The van der Waals surface area contributed by atoms with Crippen molar-refractivity contribution in [2.24, 2.45) is 5.92 Å². The van der Waals surface area contributed by atoms with E-state index >= 15 is 0 Å². The van der Waals surface area contributed by atoms with Crippen LogP contribution in [0.5, 0.6) is 0 Å². The van der Waals surface area contributed by atoms with E-state index in [0.29, 0.717) is 42.5 Å². The summed E-state index contributed by atoms with van der Waals surface area (Å²) in [6, 6.07) is 3.11. The Bertz CT molecular complexity index is 999. The number of nitro groups is 1. The van der Waals surface area contributed by atoms with Gasteiger partial charge < -0.3 is 15.0 Å². The standard InChI is InChI=1S/C22H29N5O7/c1-4-25(5-2)17-7-6-15(27(32)33)12-16(17)19(29)34-13-18(28)24-26-20(30)22(23-21(26)31)10-8-14(3)9-11-22/h6-7,12,14H,4-5,8-11,13H2,1-3H3,(H,23,31)(H,24,28). The molecular formula is C22H29N5O7. The summed E-state index contributed by atoms with van der Waals surface area (Å²) >= 11 is 0. The number of nitrogens with zero attached hydrogens (tertiary/aromatic N) is 3. The molecule has 1 aromatic carbocycles. The molecule has 1 aromatic rings. The van der Waals surface area contributed by atoms with Crippen LogP contribution >= 0.6 is 0 Å². The number of carbonyl (C=O) groups is 4. The quantitative estimate of drug-likeness (QED) is 0.251. The number of rotatable bonds is 8. The van der Waals surface area contributed by atoms with E-state index in [2.05, 4.69) is 17.7 Å². The van der Waals surface area contributed by atoms with Gasteiger partial charge in [-0.15, -0.1) is 0 Å². The minimum Gasteiger partial charge on any atom is -0.452 e. The maximum absolute atomic E-state index is 12.8. The number of nitrogens with one attached hydrogen (secondary N) is 2. The number of non-ortho nitro benzene ring substituents is 1. The zero-order valence-electron chi connectivity index (χ0n) is 19.5. The first kappa shape index (κ1) is 24.9. The lowest BCUT2D eigenvalue weighted by Gasteiger charge is -2.33. The Morgan fingerprint density at radius 2 is 1.91 bits per heavy atom. The number of hydrogen-bond acceptors (Lipinski definition) is 8. The van der Waals surface area contributed by atoms with Crippen molar-refractivity contribution < 1.29 is 28.8 Å². The van der Waals surface area contributed by atoms with Gasteiger partial charge in [0.05, 0.1) is 16.2 Å². The molecule has 0 radical (unpaired) electrons. The van der Waals surface area contributed by atoms with E-state index in [-0.39, 0.29) is 11.3 Å². The normalized spacial score (nSPS) is 21.9. The van der Waals surface area contributed by atoms with Gasteiger partial charge in [-0.05, 0) is 51.5 Å². The van der Waals surface area contributed by atoms with Crippen LogP contribution < -0.4 is 15.6 Å². The third-order valence-electron chi connectivity index (χ3n) is 6.38. The first-order valence-electron chi connectivity index (χ1n) is 11.3. The molecule has 2 fully saturated rings. The van der Waals surface area contributed by atoms with E-state index < -0.39 is 40.9 Å². The zero-order chi connectivity index (χ0) is 25.0. The van der Waals surface area contributed by atoms with Crippen LogP contribution in [-0.4, -0.2) is 59.0 Å². The molecule has 1 saturated heterocycles. The summed E-state index contributed by atoms with van der Waals surface area (Å²) < 4.78 is 5.07. The highest BCUT2D eigenvalue weighted by Crippen LogP contribution is 2.35. The zero-order valence-corrected chi connectivity index (χ0v) is 19.5. The first-order valence-corrected chi connectivity index (χ1v) is 11.3. The molecule has 1 spiro atoms. The van der Waals surface area contributed by atoms with Crippen molar-refractivity contribution in [3.8, 4) is 0 Å². The molecular weight excluding hydrogens is 446 g/mol. The average Bonchev–Trinajstić information content (AvgIpc) is 3.04. The molecule has 0 unspecified atom stereocenters. The fourth-order valence-corrected chi connectivity index (χ4v) is 4.32. The SMILES string of the molecule is CCN(CC)c1ccc([N+](=O)[O-])cc1C(=O)OCC(=O)NN1C(=O)NC2(CCC(C)CC2)C1=O. The Kier molecular flexibility index (Phi) is 7.38. The lowest BCUT2D eigenvalue weighted by Crippen LogP contribution is -2.52. The van der Waals surface area contributed by atoms with Crippen LogP contribution in [0.25, 0.3) is 0 Å². The van der Waals surface area contributed by atoms with Crippen LogP contribution in [0.4, 0.5) is 16.2 Å². The molecule has 12 nitrogen and oxygen atoms in total. The minimum atomic E-state index is -1.02. The number of esters is 1. The van der Waals surface area contributed by atoms with E-state index in [0.717, 1.165) is 18.9 Å². The van der Waals surface area contributed by atoms with Crippen LogP contribution in [0.3, 0.4) is 0 Å². The summed E-state index contributed by atoms with van der Waals surface area (Å²) in [6.45, 7) is 6.12. The van der Waals surface area contributed by atoms with E-state index in [4.69, 9.17) is 4.74 Å². The van der Waals surface area contributed by atoms with E-state index in [1.807, 2.05) is 18.7 Å². The van der Waals surface area contributed by atoms with Gasteiger partial charge in [0.2, 0.25) is 0 Å². The number of benzene rings is 1. The second kappa shape index (κ2) is 10.1. The Balaban J connectivity index is 1.67. The number of hydrogen-bond donors (Lipinski definition) is 2. The van der Waals surface area contributed by atoms with Crippen LogP contribution in [0.2, 0.25) is 0 Å². The highest BCUT2D eigenvalue weighted by Gasteiger charge is 2.52. The lowest BCUT2D eigenvalue weighted by molar-refractivity contribution is -0.384. The van der Waals surface area contributed by atoms with Crippen LogP contribution in [0.15, 0.2) is 18.2 Å². The van der Waals surface area contributed by atoms with Gasteiger partial charge in [0, 0.05) is 25.2 Å². The van der Waals surface area contributed by atoms with Crippen molar-refractivity contribution in [2.45, 2.75) is 52.0 Å². The molecule has 0 atom stereocenters. The molecule has 1 heterocycles. The molecule has 3 rings (SSSR count). The molecule has 1 saturated carbocycles. The minimum absolute atomic E-state index is 0.0593. The topological polar surface area (TPSA) is 151 Å². The molecule has 2 N–H and O–H groups in total. The van der Waals surface area contributed by atoms with Crippen molar-refractivity contribution in [3.63, 3.8) is 0 Å². The van der Waals surface area contributed by atoms with Crippen molar-refractivity contribution in [3.05, 3.63) is 33.9 Å². The van der Waals surface area contributed by atoms with Gasteiger partial charge in [0.1, 0.15) is 5.54 Å². The number of carbonyl (C=O) groups excluding carboxylic acids is 4. The number of nitro benzene ring substituents is 1. The van der Waals surface area contributed by atoms with Gasteiger partial charge >= 0.3 is 12.0 Å². The van der Waals surface area contributed by atoms with Crippen molar-refractivity contribution in [2.75, 3.05) is 24.6 Å². The molecule has 4 amide bonds. The Labute approximate surface area is 196 Å². The average molecular weight is 476 g/mol. The molecule has 1 aliphatic carbocycles. The van der Waals surface area contributed by atoms with Crippen LogP contribution in [0, 0.1) is 16.0 Å². The van der Waals surface area contributed by atoms with Gasteiger partial charge in [0.15, 0.2) is 6.61 Å². The molecule has 1 aliphatic heterocycles. The van der Waals surface area contributed by atoms with Crippen molar-refractivity contribution in [1.82, 2.24) is 15.8 Å². The van der Waals surface area contributed by atoms with Crippen molar-refractivity contribution in [1.29, 1.82) is 0 Å². The first-order chi connectivity index (χ1) is 16.1. The van der Waals surface area contributed by atoms with Crippen molar-refractivity contribution >= 4 is 35.2 Å². The number of amides is 4. The smallest absolute Gasteiger partial charge is 0.344 e. The summed E-state index contributed by atoms with van der Waals surface area (Å²) in [5.41, 5.74) is 1.26. The Hall–Kier alpha value is -3.70. The van der Waals surface area contributed by atoms with Crippen LogP contribution in [0.1, 0.15) is 56.8 Å². The maximum Gasteiger partial charge on any atom is 0.344 e. The highest BCUT2D eigenvalue weighted by atomic mass is 16.6. The summed E-state index contributed by atoms with van der Waals surface area (Å²) in [6.07, 6.45) is 2.54. The predicted molar refractivity (Wildman–Crippen MR) is 121 cm³/mol. The number of anilines is 1. The Morgan fingerprint density at radius 3 is 2.50 bits per heavy atom. The molecule has 0 bridgehead atoms. The monoisotopic (exact) mass is 475 g/mol. The third kappa shape index (κ3) is 4.95. The lowest BCUT2D eigenvalue weighted by atomic mass is 9.77. The largest absolute Gasteiger partial charge is 0.452 e. The van der Waals surface area contributed by atoms with Gasteiger partial charge in [0.25, 0.3) is 17.5 Å². The summed E-state index contributed by atoms with van der Waals surface area (Å²) in [5.74, 6) is -1.90. The molecule has 0 aromatic heterocycles. The third-order valence-corrected chi connectivity index (χ3v) is 6.38. The maximum atomic E-state index is 12.8. The number of hydrazine groups is 1. The number of ether oxygens (including phenoxy) is 1. The van der Waals surface area contributed by atoms with Gasteiger partial charge in [-0.3, -0.25) is 25.1 Å².